The zero-order valence-electron chi connectivity index (χ0n) is 19.6. The van der Waals surface area contributed by atoms with Crippen LogP contribution in [0.25, 0.3) is 16.8 Å². The Kier molecular flexibility index (Phi) is 5.85. The van der Waals surface area contributed by atoms with Crippen molar-refractivity contribution >= 4 is 23.1 Å². The van der Waals surface area contributed by atoms with Crippen LogP contribution in [0.2, 0.25) is 5.02 Å². The molecule has 1 aliphatic heterocycles. The average Bonchev–Trinajstić information content (AvgIpc) is 3.24. The van der Waals surface area contributed by atoms with Gasteiger partial charge in [-0.15, -0.1) is 0 Å². The van der Waals surface area contributed by atoms with Gasteiger partial charge in [0, 0.05) is 27.6 Å². The summed E-state index contributed by atoms with van der Waals surface area (Å²) in [6, 6.07) is 20.9. The van der Waals surface area contributed by atoms with Crippen molar-refractivity contribution in [2.24, 2.45) is 0 Å². The molecule has 6 heteroatoms. The predicted octanol–water partition coefficient (Wildman–Crippen LogP) is 4.25. The lowest BCUT2D eigenvalue weighted by Gasteiger charge is -2.34. The monoisotopic (exact) mass is 460 g/mol. The number of benzene rings is 2. The lowest BCUT2D eigenvalue weighted by molar-refractivity contribution is -0.914. The lowest BCUT2D eigenvalue weighted by Crippen LogP contribution is -3.13. The van der Waals surface area contributed by atoms with Crippen molar-refractivity contribution in [2.75, 3.05) is 31.1 Å². The summed E-state index contributed by atoms with van der Waals surface area (Å²) in [5.74, 6) is 1.13. The molecule has 0 radical (unpaired) electrons. The van der Waals surface area contributed by atoms with E-state index in [2.05, 4.69) is 62.1 Å². The van der Waals surface area contributed by atoms with Gasteiger partial charge in [0.15, 0.2) is 5.65 Å². The van der Waals surface area contributed by atoms with Gasteiger partial charge < -0.3 is 9.80 Å². The molecule has 1 saturated heterocycles. The Morgan fingerprint density at radius 2 is 1.67 bits per heavy atom. The van der Waals surface area contributed by atoms with Crippen molar-refractivity contribution in [1.82, 2.24) is 14.6 Å². The first-order chi connectivity index (χ1) is 15.9. The number of halogens is 1. The number of piperazine rings is 1. The van der Waals surface area contributed by atoms with E-state index in [1.165, 1.54) is 5.56 Å². The maximum Gasteiger partial charge on any atom is 0.165 e. The third kappa shape index (κ3) is 4.61. The Labute approximate surface area is 200 Å². The molecule has 33 heavy (non-hydrogen) atoms. The van der Waals surface area contributed by atoms with Gasteiger partial charge >= 0.3 is 0 Å². The minimum atomic E-state index is -0.0571. The fraction of sp³-hybridized carbons (Fsp3) is 0.333. The molecule has 0 bridgehead atoms. The smallest absolute Gasteiger partial charge is 0.165 e. The van der Waals surface area contributed by atoms with Gasteiger partial charge in [0.25, 0.3) is 0 Å². The summed E-state index contributed by atoms with van der Waals surface area (Å²) in [5.41, 5.74) is 5.45. The summed E-state index contributed by atoms with van der Waals surface area (Å²) >= 11 is 6.12. The van der Waals surface area contributed by atoms with Crippen LogP contribution in [0.3, 0.4) is 0 Å². The predicted molar refractivity (Wildman–Crippen MR) is 135 cm³/mol. The topological polar surface area (TPSA) is 37.9 Å². The number of aromatic nitrogens is 3. The molecular weight excluding hydrogens is 430 g/mol. The second kappa shape index (κ2) is 8.81. The Morgan fingerprint density at radius 1 is 0.970 bits per heavy atom. The second-order valence-electron chi connectivity index (χ2n) is 9.95. The van der Waals surface area contributed by atoms with Crippen molar-refractivity contribution in [1.29, 1.82) is 0 Å². The number of hydrogen-bond acceptors (Lipinski definition) is 3. The molecule has 4 aromatic rings. The van der Waals surface area contributed by atoms with E-state index in [4.69, 9.17) is 21.7 Å². The molecule has 5 rings (SSSR count). The summed E-state index contributed by atoms with van der Waals surface area (Å²) in [6.07, 6.45) is 1.93. The van der Waals surface area contributed by atoms with Crippen molar-refractivity contribution in [3.05, 3.63) is 83.1 Å². The fourth-order valence-electron chi connectivity index (χ4n) is 4.50. The van der Waals surface area contributed by atoms with Gasteiger partial charge in [-0.3, -0.25) is 0 Å². The van der Waals surface area contributed by atoms with Crippen LogP contribution in [-0.4, -0.2) is 40.8 Å². The highest BCUT2D eigenvalue weighted by Gasteiger charge is 2.26. The van der Waals surface area contributed by atoms with Gasteiger partial charge in [-0.1, -0.05) is 74.8 Å². The van der Waals surface area contributed by atoms with Crippen molar-refractivity contribution in [2.45, 2.75) is 32.7 Å². The van der Waals surface area contributed by atoms with Crippen LogP contribution in [0.1, 0.15) is 32.0 Å². The number of quaternary nitrogens is 1. The van der Waals surface area contributed by atoms with Crippen LogP contribution >= 0.6 is 11.6 Å². The molecule has 5 nitrogen and oxygen atoms in total. The van der Waals surface area contributed by atoms with Gasteiger partial charge in [0.05, 0.1) is 38.1 Å². The first-order valence-electron chi connectivity index (χ1n) is 11.7. The van der Waals surface area contributed by atoms with Gasteiger partial charge in [-0.05, 0) is 17.7 Å². The van der Waals surface area contributed by atoms with Gasteiger partial charge in [-0.2, -0.15) is 9.61 Å². The molecule has 2 aromatic carbocycles. The molecule has 0 amide bonds. The van der Waals surface area contributed by atoms with Gasteiger partial charge in [-0.25, -0.2) is 4.98 Å². The summed E-state index contributed by atoms with van der Waals surface area (Å²) in [7, 11) is 0. The standard InChI is InChI=1S/C27H30ClN5/c1-27(2,3)24-17-25(32-15-13-31(14-16-32)19-20-7-5-4-6-8-20)33-26(30-24)23(18-29-33)21-9-11-22(28)12-10-21/h4-12,17-18H,13-16,19H2,1-3H3/p+1. The van der Waals surface area contributed by atoms with Crippen LogP contribution < -0.4 is 9.80 Å². The van der Waals surface area contributed by atoms with Crippen molar-refractivity contribution < 1.29 is 4.90 Å². The van der Waals surface area contributed by atoms with E-state index >= 15 is 0 Å². The summed E-state index contributed by atoms with van der Waals surface area (Å²) in [6.45, 7) is 11.9. The highest BCUT2D eigenvalue weighted by Crippen LogP contribution is 2.31. The van der Waals surface area contributed by atoms with Gasteiger partial charge in [0.2, 0.25) is 0 Å². The SMILES string of the molecule is CC(C)(C)c1cc(N2CC[NH+](Cc3ccccc3)CC2)n2ncc(-c3ccc(Cl)cc3)c2n1. The molecule has 170 valence electrons. The largest absolute Gasteiger partial charge is 0.345 e. The van der Waals surface area contributed by atoms with E-state index in [0.29, 0.717) is 0 Å². The van der Waals surface area contributed by atoms with E-state index in [0.717, 1.165) is 66.0 Å². The average molecular weight is 461 g/mol. The van der Waals surface area contributed by atoms with Crippen LogP contribution in [-0.2, 0) is 12.0 Å². The van der Waals surface area contributed by atoms with Crippen LogP contribution in [0, 0.1) is 0 Å². The van der Waals surface area contributed by atoms with Crippen LogP contribution in [0.15, 0.2) is 66.9 Å². The van der Waals surface area contributed by atoms with E-state index in [-0.39, 0.29) is 5.41 Å². The Hall–Kier alpha value is -2.89. The maximum atomic E-state index is 6.12. The number of fused-ring (bicyclic) bond motifs is 1. The molecule has 1 aliphatic rings. The number of nitrogens with one attached hydrogen (secondary N) is 1. The second-order valence-corrected chi connectivity index (χ2v) is 10.4. The maximum absolute atomic E-state index is 6.12. The number of nitrogens with zero attached hydrogens (tertiary/aromatic N) is 4. The molecule has 0 saturated carbocycles. The summed E-state index contributed by atoms with van der Waals surface area (Å²) in [5, 5.41) is 5.51. The minimum absolute atomic E-state index is 0.0571. The molecule has 0 spiro atoms. The van der Waals surface area contributed by atoms with Crippen LogP contribution in [0.5, 0.6) is 0 Å². The zero-order chi connectivity index (χ0) is 23.0. The quantitative estimate of drug-likeness (QED) is 0.494. The lowest BCUT2D eigenvalue weighted by atomic mass is 9.91. The zero-order valence-corrected chi connectivity index (χ0v) is 20.3. The Balaban J connectivity index is 1.47. The Morgan fingerprint density at radius 3 is 2.33 bits per heavy atom. The number of rotatable bonds is 4. The molecule has 0 atom stereocenters. The fourth-order valence-corrected chi connectivity index (χ4v) is 4.63. The summed E-state index contributed by atoms with van der Waals surface area (Å²) in [4.78, 5) is 9.16. The molecule has 0 unspecified atom stereocenters. The molecule has 2 aromatic heterocycles. The number of hydrogen-bond donors (Lipinski definition) is 1. The molecular formula is C27H31ClN5+. The molecule has 1 fully saturated rings. The van der Waals surface area contributed by atoms with Crippen molar-refractivity contribution in [3.63, 3.8) is 0 Å². The van der Waals surface area contributed by atoms with E-state index in [9.17, 15) is 0 Å². The Bertz CT molecular complexity index is 1230. The van der Waals surface area contributed by atoms with E-state index in [1.54, 1.807) is 4.90 Å². The minimum Gasteiger partial charge on any atom is -0.345 e. The normalized spacial score (nSPS) is 15.3. The van der Waals surface area contributed by atoms with Gasteiger partial charge in [0.1, 0.15) is 12.4 Å². The highest BCUT2D eigenvalue weighted by molar-refractivity contribution is 6.30. The highest BCUT2D eigenvalue weighted by atomic mass is 35.5. The molecule has 3 heterocycles. The molecule has 0 aliphatic carbocycles. The van der Waals surface area contributed by atoms with E-state index in [1.807, 2.05) is 35.0 Å². The first-order valence-corrected chi connectivity index (χ1v) is 12.0. The third-order valence-corrected chi connectivity index (χ3v) is 6.72. The number of anilines is 1. The van der Waals surface area contributed by atoms with Crippen molar-refractivity contribution in [3.8, 4) is 11.1 Å². The first kappa shape index (κ1) is 21.9. The summed E-state index contributed by atoms with van der Waals surface area (Å²) < 4.78 is 2.02. The van der Waals surface area contributed by atoms with E-state index < -0.39 is 0 Å². The third-order valence-electron chi connectivity index (χ3n) is 6.47. The molecule has 1 N–H and O–H groups in total. The van der Waals surface area contributed by atoms with Crippen LogP contribution in [0.4, 0.5) is 5.82 Å².